The zero-order chi connectivity index (χ0) is 28.8. The van der Waals surface area contributed by atoms with Crippen LogP contribution >= 0.6 is 0 Å². The average molecular weight is 554 g/mol. The van der Waals surface area contributed by atoms with Gasteiger partial charge in [-0.2, -0.15) is 0 Å². The molecule has 41 heavy (non-hydrogen) atoms. The van der Waals surface area contributed by atoms with E-state index in [4.69, 9.17) is 14.2 Å². The van der Waals surface area contributed by atoms with Crippen LogP contribution in [-0.4, -0.2) is 52.0 Å². The van der Waals surface area contributed by atoms with Gasteiger partial charge >= 0.3 is 0 Å². The van der Waals surface area contributed by atoms with Crippen LogP contribution in [0.25, 0.3) is 5.76 Å². The van der Waals surface area contributed by atoms with Crippen LogP contribution in [0.1, 0.15) is 29.2 Å². The van der Waals surface area contributed by atoms with E-state index in [1.807, 2.05) is 53.2 Å². The van der Waals surface area contributed by atoms with Gasteiger partial charge < -0.3 is 28.8 Å². The Labute approximate surface area is 238 Å². The van der Waals surface area contributed by atoms with Gasteiger partial charge in [0.05, 0.1) is 32.2 Å². The number of aliphatic hydroxyl groups is 1. The Kier molecular flexibility index (Phi) is 8.34. The minimum absolute atomic E-state index is 0.0165. The molecule has 1 aromatic heterocycles. The van der Waals surface area contributed by atoms with Gasteiger partial charge in [-0.1, -0.05) is 42.5 Å². The molecule has 5 rings (SSSR count). The summed E-state index contributed by atoms with van der Waals surface area (Å²) in [5.41, 5.74) is 2.08. The summed E-state index contributed by atoms with van der Waals surface area (Å²) in [5, 5.41) is 11.4. The number of hydrogen-bond acceptors (Lipinski definition) is 7. The first kappa shape index (κ1) is 27.5. The lowest BCUT2D eigenvalue weighted by molar-refractivity contribution is -0.139. The van der Waals surface area contributed by atoms with E-state index < -0.39 is 17.7 Å². The fourth-order valence-corrected chi connectivity index (χ4v) is 4.93. The number of likely N-dealkylation sites (tertiary alicyclic amines) is 1. The molecule has 4 aromatic rings. The highest BCUT2D eigenvalue weighted by Gasteiger charge is 2.45. The van der Waals surface area contributed by atoms with E-state index in [0.29, 0.717) is 54.5 Å². The molecule has 2 heterocycles. The predicted octanol–water partition coefficient (Wildman–Crippen LogP) is 4.99. The summed E-state index contributed by atoms with van der Waals surface area (Å²) in [5.74, 6) is -0.166. The number of nitrogens with zero attached hydrogens (tertiary/aromatic N) is 3. The summed E-state index contributed by atoms with van der Waals surface area (Å²) < 4.78 is 18.5. The number of benzene rings is 3. The Bertz CT molecular complexity index is 1530. The Balaban J connectivity index is 1.47. The third-order valence-electron chi connectivity index (χ3n) is 7.02. The number of carbonyl (C=O) groups excluding carboxylic acids is 2. The topological polar surface area (TPSA) is 103 Å². The molecule has 0 radical (unpaired) electrons. The molecule has 1 aliphatic heterocycles. The number of ketones is 1. The molecule has 1 N–H and O–H groups in total. The highest BCUT2D eigenvalue weighted by atomic mass is 16.5. The Morgan fingerprint density at radius 3 is 2.37 bits per heavy atom. The van der Waals surface area contributed by atoms with Crippen molar-refractivity contribution >= 4 is 17.4 Å². The molecule has 0 spiro atoms. The van der Waals surface area contributed by atoms with Crippen molar-refractivity contribution in [2.45, 2.75) is 25.6 Å². The molecule has 1 saturated heterocycles. The molecule has 9 nitrogen and oxygen atoms in total. The van der Waals surface area contributed by atoms with E-state index in [1.165, 1.54) is 19.1 Å². The van der Waals surface area contributed by atoms with Crippen LogP contribution in [0.15, 0.2) is 97.1 Å². The first-order chi connectivity index (χ1) is 20.0. The minimum atomic E-state index is -0.783. The van der Waals surface area contributed by atoms with Gasteiger partial charge in [0.25, 0.3) is 11.7 Å². The van der Waals surface area contributed by atoms with E-state index in [0.717, 1.165) is 5.56 Å². The number of aryl methyl sites for hydroxylation is 1. The molecule has 1 amide bonds. The maximum atomic E-state index is 13.4. The lowest BCUT2D eigenvalue weighted by atomic mass is 9.95. The second kappa shape index (κ2) is 12.4. The van der Waals surface area contributed by atoms with Gasteiger partial charge in [0.1, 0.15) is 18.1 Å². The SMILES string of the molecule is COc1ccc(/C(O)=C2\C(=O)C(=O)N(CCCn3ccnc3)C2c2ccc(OCc3ccccc3)cc2)cc1OC. The van der Waals surface area contributed by atoms with Crippen molar-refractivity contribution in [2.75, 3.05) is 20.8 Å². The summed E-state index contributed by atoms with van der Waals surface area (Å²) in [7, 11) is 3.00. The summed E-state index contributed by atoms with van der Waals surface area (Å²) in [6, 6.07) is 21.2. The van der Waals surface area contributed by atoms with Gasteiger partial charge in [-0.3, -0.25) is 9.59 Å². The Morgan fingerprint density at radius 1 is 0.927 bits per heavy atom. The van der Waals surface area contributed by atoms with Crippen LogP contribution in [0, 0.1) is 0 Å². The van der Waals surface area contributed by atoms with E-state index in [1.54, 1.807) is 42.9 Å². The zero-order valence-electron chi connectivity index (χ0n) is 22.9. The summed E-state index contributed by atoms with van der Waals surface area (Å²) in [6.45, 7) is 1.34. The zero-order valence-corrected chi connectivity index (χ0v) is 22.9. The molecule has 0 saturated carbocycles. The van der Waals surface area contributed by atoms with Crippen molar-refractivity contribution in [3.8, 4) is 17.2 Å². The largest absolute Gasteiger partial charge is 0.507 e. The number of carbonyl (C=O) groups is 2. The monoisotopic (exact) mass is 553 g/mol. The summed E-state index contributed by atoms with van der Waals surface area (Å²) in [6.07, 6.45) is 5.83. The first-order valence-electron chi connectivity index (χ1n) is 13.2. The van der Waals surface area contributed by atoms with Crippen LogP contribution in [0.2, 0.25) is 0 Å². The maximum Gasteiger partial charge on any atom is 0.295 e. The second-order valence-corrected chi connectivity index (χ2v) is 9.56. The van der Waals surface area contributed by atoms with Crippen molar-refractivity contribution in [2.24, 2.45) is 0 Å². The van der Waals surface area contributed by atoms with Gasteiger partial charge in [-0.05, 0) is 47.9 Å². The molecule has 0 aliphatic carbocycles. The van der Waals surface area contributed by atoms with Crippen molar-refractivity contribution in [3.05, 3.63) is 114 Å². The summed E-state index contributed by atoms with van der Waals surface area (Å²) >= 11 is 0. The molecular formula is C32H31N3O6. The van der Waals surface area contributed by atoms with Gasteiger partial charge in [0, 0.05) is 31.0 Å². The van der Waals surface area contributed by atoms with Crippen molar-refractivity contribution in [3.63, 3.8) is 0 Å². The average Bonchev–Trinajstić information content (AvgIpc) is 3.62. The lowest BCUT2D eigenvalue weighted by Crippen LogP contribution is -2.31. The molecular weight excluding hydrogens is 522 g/mol. The van der Waals surface area contributed by atoms with Gasteiger partial charge in [-0.25, -0.2) is 4.98 Å². The van der Waals surface area contributed by atoms with Crippen molar-refractivity contribution < 1.29 is 28.9 Å². The molecule has 1 unspecified atom stereocenters. The molecule has 1 fully saturated rings. The molecule has 210 valence electrons. The highest BCUT2D eigenvalue weighted by Crippen LogP contribution is 2.41. The summed E-state index contributed by atoms with van der Waals surface area (Å²) in [4.78, 5) is 32.3. The first-order valence-corrected chi connectivity index (χ1v) is 13.2. The standard InChI is InChI=1S/C32H31N3O6/c1-39-26-14-11-24(19-27(26)40-2)30(36)28-29(35(32(38)31(28)37)17-6-16-34-18-15-33-21-34)23-9-12-25(13-10-23)41-20-22-7-4-3-5-8-22/h3-5,7-15,18-19,21,29,36H,6,16-17,20H2,1-2H3/b30-28+. The molecule has 1 aliphatic rings. The molecule has 0 bridgehead atoms. The normalized spacial score (nSPS) is 16.1. The quantitative estimate of drug-likeness (QED) is 0.159. The van der Waals surface area contributed by atoms with Gasteiger partial charge in [0.15, 0.2) is 11.5 Å². The van der Waals surface area contributed by atoms with E-state index in [9.17, 15) is 14.7 Å². The molecule has 3 aromatic carbocycles. The number of Topliss-reactive ketones (excluding diaryl/α,β-unsaturated/α-hetero) is 1. The van der Waals surface area contributed by atoms with Crippen molar-refractivity contribution in [1.82, 2.24) is 14.5 Å². The molecule has 9 heteroatoms. The number of ether oxygens (including phenoxy) is 3. The number of amides is 1. The minimum Gasteiger partial charge on any atom is -0.507 e. The van der Waals surface area contributed by atoms with Crippen LogP contribution in [0.4, 0.5) is 0 Å². The highest BCUT2D eigenvalue weighted by molar-refractivity contribution is 6.46. The number of methoxy groups -OCH3 is 2. The lowest BCUT2D eigenvalue weighted by Gasteiger charge is -2.25. The number of aromatic nitrogens is 2. The van der Waals surface area contributed by atoms with Crippen LogP contribution < -0.4 is 14.2 Å². The molecule has 1 atom stereocenters. The van der Waals surface area contributed by atoms with Crippen LogP contribution in [-0.2, 0) is 22.7 Å². The van der Waals surface area contributed by atoms with Crippen molar-refractivity contribution in [1.29, 1.82) is 0 Å². The Hall–Kier alpha value is -5.05. The maximum absolute atomic E-state index is 13.4. The van der Waals surface area contributed by atoms with Crippen LogP contribution in [0.5, 0.6) is 17.2 Å². The van der Waals surface area contributed by atoms with E-state index in [-0.39, 0.29) is 11.3 Å². The van der Waals surface area contributed by atoms with E-state index in [2.05, 4.69) is 4.98 Å². The second-order valence-electron chi connectivity index (χ2n) is 9.56. The number of hydrogen-bond donors (Lipinski definition) is 1. The van der Waals surface area contributed by atoms with Crippen LogP contribution in [0.3, 0.4) is 0 Å². The third-order valence-corrected chi connectivity index (χ3v) is 7.02. The smallest absolute Gasteiger partial charge is 0.295 e. The van der Waals surface area contributed by atoms with Gasteiger partial charge in [-0.15, -0.1) is 0 Å². The van der Waals surface area contributed by atoms with E-state index >= 15 is 0 Å². The van der Waals surface area contributed by atoms with Gasteiger partial charge in [0.2, 0.25) is 0 Å². The number of aliphatic hydroxyl groups excluding tert-OH is 1. The predicted molar refractivity (Wildman–Crippen MR) is 153 cm³/mol. The third kappa shape index (κ3) is 5.94. The Morgan fingerprint density at radius 2 is 1.68 bits per heavy atom. The number of rotatable bonds is 11. The number of imidazole rings is 1. The fraction of sp³-hybridized carbons (Fsp3) is 0.219. The fourth-order valence-electron chi connectivity index (χ4n) is 4.93.